The predicted molar refractivity (Wildman–Crippen MR) is 112 cm³/mol. The Bertz CT molecular complexity index is 1090. The molecule has 30 heavy (non-hydrogen) atoms. The molecule has 0 saturated heterocycles. The highest BCUT2D eigenvalue weighted by Crippen LogP contribution is 2.30. The summed E-state index contributed by atoms with van der Waals surface area (Å²) in [4.78, 5) is 24.7. The van der Waals surface area contributed by atoms with Gasteiger partial charge < -0.3 is 10.6 Å². The van der Waals surface area contributed by atoms with E-state index in [-0.39, 0.29) is 29.6 Å². The molecule has 0 aliphatic heterocycles. The number of hydrogen-bond donors (Lipinski definition) is 2. The molecule has 2 N–H and O–H groups in total. The Morgan fingerprint density at radius 2 is 1.90 bits per heavy atom. The van der Waals surface area contributed by atoms with Crippen LogP contribution in [-0.2, 0) is 4.79 Å². The third kappa shape index (κ3) is 4.25. The van der Waals surface area contributed by atoms with Crippen LogP contribution in [0.25, 0.3) is 5.69 Å². The minimum Gasteiger partial charge on any atom is -0.345 e. The van der Waals surface area contributed by atoms with Crippen molar-refractivity contribution in [1.29, 1.82) is 0 Å². The molecular formula is C23H23FN4O2. The largest absolute Gasteiger partial charge is 0.345 e. The molecule has 6 nitrogen and oxygen atoms in total. The van der Waals surface area contributed by atoms with E-state index in [1.165, 1.54) is 12.1 Å². The van der Waals surface area contributed by atoms with Crippen molar-refractivity contribution < 1.29 is 14.0 Å². The summed E-state index contributed by atoms with van der Waals surface area (Å²) in [6, 6.07) is 12.7. The number of nitrogens with zero attached hydrogens (tertiary/aromatic N) is 2. The van der Waals surface area contributed by atoms with Gasteiger partial charge in [-0.05, 0) is 69.2 Å². The first kappa shape index (κ1) is 19.8. The molecule has 0 spiro atoms. The Balaban J connectivity index is 1.46. The van der Waals surface area contributed by atoms with Gasteiger partial charge in [0, 0.05) is 28.4 Å². The van der Waals surface area contributed by atoms with Crippen molar-refractivity contribution in [3.8, 4) is 5.69 Å². The molecule has 1 unspecified atom stereocenters. The molecule has 1 aliphatic carbocycles. The first-order valence-electron chi connectivity index (χ1n) is 9.94. The van der Waals surface area contributed by atoms with Crippen LogP contribution < -0.4 is 10.6 Å². The molecule has 7 heteroatoms. The van der Waals surface area contributed by atoms with Crippen molar-refractivity contribution in [3.63, 3.8) is 0 Å². The number of anilines is 1. The molecule has 1 saturated carbocycles. The molecule has 4 rings (SSSR count). The van der Waals surface area contributed by atoms with Crippen molar-refractivity contribution in [2.75, 3.05) is 5.32 Å². The van der Waals surface area contributed by atoms with E-state index in [2.05, 4.69) is 15.7 Å². The number of hydrogen-bond acceptors (Lipinski definition) is 3. The quantitative estimate of drug-likeness (QED) is 0.645. The van der Waals surface area contributed by atoms with Gasteiger partial charge >= 0.3 is 0 Å². The summed E-state index contributed by atoms with van der Waals surface area (Å²) >= 11 is 0. The van der Waals surface area contributed by atoms with Crippen LogP contribution >= 0.6 is 0 Å². The van der Waals surface area contributed by atoms with Crippen LogP contribution in [0.5, 0.6) is 0 Å². The summed E-state index contributed by atoms with van der Waals surface area (Å²) in [6.07, 6.45) is 3.55. The van der Waals surface area contributed by atoms with Gasteiger partial charge in [-0.3, -0.25) is 9.59 Å². The van der Waals surface area contributed by atoms with Crippen LogP contribution in [0, 0.1) is 18.7 Å². The number of carbonyl (C=O) groups is 2. The van der Waals surface area contributed by atoms with Gasteiger partial charge in [0.15, 0.2) is 0 Å². The standard InChI is InChI=1S/C23H23FN4O2/c1-14(21-13-25-28(15(21)2)20-10-8-18(24)9-11-20)26-23(30)17-4-3-5-19(12-17)27-22(29)16-6-7-16/h3-5,8-14,16H,6-7H2,1-2H3,(H,26,30)(H,27,29). The minimum atomic E-state index is -0.306. The molecular weight excluding hydrogens is 383 g/mol. The van der Waals surface area contributed by atoms with E-state index in [4.69, 9.17) is 0 Å². The summed E-state index contributed by atoms with van der Waals surface area (Å²) in [5.74, 6) is -0.438. The van der Waals surface area contributed by atoms with E-state index in [0.717, 1.165) is 29.8 Å². The second-order valence-electron chi connectivity index (χ2n) is 7.61. The lowest BCUT2D eigenvalue weighted by atomic mass is 10.1. The lowest BCUT2D eigenvalue weighted by molar-refractivity contribution is -0.117. The number of nitrogens with one attached hydrogen (secondary N) is 2. The van der Waals surface area contributed by atoms with Gasteiger partial charge in [-0.25, -0.2) is 9.07 Å². The highest BCUT2D eigenvalue weighted by molar-refractivity contribution is 5.98. The molecule has 2 amide bonds. The highest BCUT2D eigenvalue weighted by Gasteiger charge is 2.29. The Morgan fingerprint density at radius 1 is 1.17 bits per heavy atom. The van der Waals surface area contributed by atoms with E-state index in [1.807, 2.05) is 13.8 Å². The third-order valence-corrected chi connectivity index (χ3v) is 5.27. The zero-order chi connectivity index (χ0) is 21.3. The van der Waals surface area contributed by atoms with Crippen LogP contribution in [0.1, 0.15) is 47.4 Å². The minimum absolute atomic E-state index is 0.00441. The van der Waals surface area contributed by atoms with E-state index in [0.29, 0.717) is 11.3 Å². The van der Waals surface area contributed by atoms with Crippen LogP contribution in [0.4, 0.5) is 10.1 Å². The zero-order valence-electron chi connectivity index (χ0n) is 16.9. The molecule has 1 fully saturated rings. The topological polar surface area (TPSA) is 76.0 Å². The van der Waals surface area contributed by atoms with Gasteiger partial charge in [-0.1, -0.05) is 6.07 Å². The van der Waals surface area contributed by atoms with E-state index >= 15 is 0 Å². The third-order valence-electron chi connectivity index (χ3n) is 5.27. The molecule has 3 aromatic rings. The van der Waals surface area contributed by atoms with Crippen LogP contribution in [0.2, 0.25) is 0 Å². The van der Waals surface area contributed by atoms with Crippen molar-refractivity contribution in [2.24, 2.45) is 5.92 Å². The van der Waals surface area contributed by atoms with Crippen LogP contribution in [0.15, 0.2) is 54.7 Å². The van der Waals surface area contributed by atoms with Crippen molar-refractivity contribution in [3.05, 3.63) is 77.4 Å². The van der Waals surface area contributed by atoms with Gasteiger partial charge in [-0.15, -0.1) is 0 Å². The maximum absolute atomic E-state index is 13.2. The fourth-order valence-corrected chi connectivity index (χ4v) is 3.38. The van der Waals surface area contributed by atoms with E-state index in [9.17, 15) is 14.0 Å². The fraction of sp³-hybridized carbons (Fsp3) is 0.261. The molecule has 2 aromatic carbocycles. The van der Waals surface area contributed by atoms with Crippen molar-refractivity contribution >= 4 is 17.5 Å². The Kier molecular flexibility index (Phi) is 5.35. The second kappa shape index (κ2) is 8.10. The Labute approximate surface area is 174 Å². The van der Waals surface area contributed by atoms with Crippen LogP contribution in [0.3, 0.4) is 0 Å². The molecule has 0 bridgehead atoms. The SMILES string of the molecule is Cc1c(C(C)NC(=O)c2cccc(NC(=O)C3CC3)c2)cnn1-c1ccc(F)cc1. The number of rotatable bonds is 6. The molecule has 0 radical (unpaired) electrons. The first-order chi connectivity index (χ1) is 14.4. The number of carbonyl (C=O) groups excluding carboxylic acids is 2. The second-order valence-corrected chi connectivity index (χ2v) is 7.61. The van der Waals surface area contributed by atoms with Crippen LogP contribution in [-0.4, -0.2) is 21.6 Å². The number of aromatic nitrogens is 2. The van der Waals surface area contributed by atoms with Gasteiger partial charge in [0.1, 0.15) is 5.82 Å². The Hall–Kier alpha value is -3.48. The average molecular weight is 406 g/mol. The summed E-state index contributed by atoms with van der Waals surface area (Å²) < 4.78 is 14.9. The van der Waals surface area contributed by atoms with E-state index < -0.39 is 0 Å². The zero-order valence-corrected chi connectivity index (χ0v) is 16.9. The maximum Gasteiger partial charge on any atom is 0.251 e. The number of benzene rings is 2. The molecule has 1 aliphatic rings. The lowest BCUT2D eigenvalue weighted by Gasteiger charge is -2.15. The maximum atomic E-state index is 13.2. The molecule has 1 aromatic heterocycles. The summed E-state index contributed by atoms with van der Waals surface area (Å²) in [5, 5.41) is 10.2. The summed E-state index contributed by atoms with van der Waals surface area (Å²) in [6.45, 7) is 3.79. The Morgan fingerprint density at radius 3 is 2.60 bits per heavy atom. The number of amides is 2. The fourth-order valence-electron chi connectivity index (χ4n) is 3.38. The smallest absolute Gasteiger partial charge is 0.251 e. The number of halogens is 1. The van der Waals surface area contributed by atoms with Gasteiger partial charge in [0.25, 0.3) is 5.91 Å². The molecule has 154 valence electrons. The summed E-state index contributed by atoms with van der Waals surface area (Å²) in [7, 11) is 0. The highest BCUT2D eigenvalue weighted by atomic mass is 19.1. The normalized spacial score (nSPS) is 14.2. The van der Waals surface area contributed by atoms with Crippen molar-refractivity contribution in [2.45, 2.75) is 32.7 Å². The predicted octanol–water partition coefficient (Wildman–Crippen LogP) is 4.16. The lowest BCUT2D eigenvalue weighted by Crippen LogP contribution is -2.27. The first-order valence-corrected chi connectivity index (χ1v) is 9.94. The monoisotopic (exact) mass is 406 g/mol. The van der Waals surface area contributed by atoms with Gasteiger partial charge in [-0.2, -0.15) is 5.10 Å². The average Bonchev–Trinajstić information content (AvgIpc) is 3.51. The summed E-state index contributed by atoms with van der Waals surface area (Å²) in [5.41, 5.74) is 3.56. The van der Waals surface area contributed by atoms with Gasteiger partial charge in [0.2, 0.25) is 5.91 Å². The molecule has 1 atom stereocenters. The molecule has 1 heterocycles. The van der Waals surface area contributed by atoms with E-state index in [1.54, 1.807) is 47.3 Å². The van der Waals surface area contributed by atoms with Gasteiger partial charge in [0.05, 0.1) is 17.9 Å². The van der Waals surface area contributed by atoms with Crippen molar-refractivity contribution in [1.82, 2.24) is 15.1 Å².